The summed E-state index contributed by atoms with van der Waals surface area (Å²) in [6.07, 6.45) is 10.2. The SMILES string of the molecule is C#CC.C#CCC.C#[N+][O-].CC#[N+][O-]. The third-order valence-electron chi connectivity index (χ3n) is 0.295. The molecule has 0 bridgehead atoms. The first-order chi connectivity index (χ1) is 6.66. The Morgan fingerprint density at radius 3 is 1.36 bits per heavy atom. The molecule has 0 fully saturated rings. The van der Waals surface area contributed by atoms with Gasteiger partial charge in [0.05, 0.1) is 6.92 Å². The fourth-order valence-electron chi connectivity index (χ4n) is 0. The molecule has 4 heteroatoms. The molecule has 0 saturated heterocycles. The van der Waals surface area contributed by atoms with Crippen molar-refractivity contribution in [3.63, 3.8) is 0 Å². The summed E-state index contributed by atoms with van der Waals surface area (Å²) in [5.74, 6) is 4.68. The van der Waals surface area contributed by atoms with Gasteiger partial charge in [0.25, 0.3) is 12.6 Å². The first-order valence-electron chi connectivity index (χ1n) is 3.48. The molecular weight excluding hydrogens is 180 g/mol. The smallest absolute Gasteiger partial charge is 0.294 e. The van der Waals surface area contributed by atoms with Crippen LogP contribution in [0.2, 0.25) is 0 Å². The molecule has 0 aromatic rings. The number of hydrogen-bond donors (Lipinski definition) is 0. The van der Waals surface area contributed by atoms with E-state index >= 15 is 0 Å². The molecule has 0 aromatic heterocycles. The minimum atomic E-state index is 0.847. The van der Waals surface area contributed by atoms with E-state index in [1.165, 1.54) is 6.92 Å². The minimum absolute atomic E-state index is 0.847. The number of hydrogen-bond acceptors (Lipinski definition) is 2. The quantitative estimate of drug-likeness (QED) is 0.439. The predicted octanol–water partition coefficient (Wildman–Crippen LogP) is 2.95. The Kier molecular flexibility index (Phi) is 119. The van der Waals surface area contributed by atoms with Gasteiger partial charge in [-0.3, -0.25) is 0 Å². The highest BCUT2D eigenvalue weighted by molar-refractivity contribution is 4.80. The van der Waals surface area contributed by atoms with Gasteiger partial charge in [-0.05, 0) is 11.9 Å². The molecule has 0 aliphatic carbocycles. The second-order valence-electron chi connectivity index (χ2n) is 1.27. The van der Waals surface area contributed by atoms with Gasteiger partial charge in [0.2, 0.25) is 0 Å². The van der Waals surface area contributed by atoms with Crippen molar-refractivity contribution in [2.45, 2.75) is 27.2 Å². The summed E-state index contributed by atoms with van der Waals surface area (Å²) in [7, 11) is 0. The lowest BCUT2D eigenvalue weighted by Gasteiger charge is -1.52. The van der Waals surface area contributed by atoms with E-state index in [2.05, 4.69) is 29.8 Å². The fourth-order valence-corrected chi connectivity index (χ4v) is 0. The van der Waals surface area contributed by atoms with Crippen molar-refractivity contribution >= 4 is 0 Å². The Morgan fingerprint density at radius 1 is 1.21 bits per heavy atom. The van der Waals surface area contributed by atoms with Gasteiger partial charge in [0.1, 0.15) is 0 Å². The molecule has 0 amide bonds. The van der Waals surface area contributed by atoms with Crippen LogP contribution in [0.1, 0.15) is 27.2 Å². The van der Waals surface area contributed by atoms with Crippen molar-refractivity contribution in [2.24, 2.45) is 0 Å². The van der Waals surface area contributed by atoms with Crippen molar-refractivity contribution in [1.82, 2.24) is 0 Å². The van der Waals surface area contributed by atoms with Crippen molar-refractivity contribution in [1.29, 1.82) is 0 Å². The van der Waals surface area contributed by atoms with Gasteiger partial charge in [-0.2, -0.15) is 0 Å². The standard InChI is InChI=1S/C4H6.C3H4.C2H3NO.CHNO/c1-3-4-2;1-3-2;1-2-3-4;1-2-3/h1H,4H2,2H3;1H,2H3;1H3;1H. The van der Waals surface area contributed by atoms with E-state index in [-0.39, 0.29) is 0 Å². The molecule has 4 nitrogen and oxygen atoms in total. The van der Waals surface area contributed by atoms with Gasteiger partial charge < -0.3 is 10.4 Å². The Labute approximate surface area is 85.7 Å². The Balaban J connectivity index is -0.0000000482. The molecule has 76 valence electrons. The van der Waals surface area contributed by atoms with E-state index < -0.39 is 0 Å². The lowest BCUT2D eigenvalue weighted by molar-refractivity contribution is 1.28. The third kappa shape index (κ3) is 8160. The number of nitrogens with zero attached hydrogens (tertiary/aromatic N) is 2. The third-order valence-corrected chi connectivity index (χ3v) is 0.295. The zero-order valence-electron chi connectivity index (χ0n) is 8.65. The van der Waals surface area contributed by atoms with Gasteiger partial charge in [-0.15, -0.1) is 24.7 Å². The summed E-state index contributed by atoms with van der Waals surface area (Å²) in [6, 6.07) is 2.00. The van der Waals surface area contributed by atoms with Gasteiger partial charge >= 0.3 is 0 Å². The van der Waals surface area contributed by atoms with Crippen LogP contribution >= 0.6 is 0 Å². The normalized spacial score (nSPS) is 3.43. The van der Waals surface area contributed by atoms with Crippen LogP contribution in [-0.4, -0.2) is 0 Å². The maximum absolute atomic E-state index is 8.81. The molecule has 0 aliphatic heterocycles. The van der Waals surface area contributed by atoms with E-state index in [1.54, 1.807) is 11.9 Å². The topological polar surface area (TPSA) is 54.8 Å². The maximum atomic E-state index is 8.81. The lowest BCUT2D eigenvalue weighted by Crippen LogP contribution is -1.38. The molecule has 0 saturated carbocycles. The average molecular weight is 194 g/mol. The Morgan fingerprint density at radius 2 is 1.36 bits per heavy atom. The molecule has 0 N–H and O–H groups in total. The van der Waals surface area contributed by atoms with Crippen LogP contribution in [0.3, 0.4) is 0 Å². The van der Waals surface area contributed by atoms with Crippen LogP contribution in [0.15, 0.2) is 0 Å². The second kappa shape index (κ2) is 73.5. The van der Waals surface area contributed by atoms with Crippen LogP contribution in [0.5, 0.6) is 0 Å². The summed E-state index contributed by atoms with van der Waals surface area (Å²) in [6.45, 7) is 8.97. The monoisotopic (exact) mass is 194 g/mol. The van der Waals surface area contributed by atoms with Crippen molar-refractivity contribution in [3.05, 3.63) is 20.4 Å². The molecule has 0 radical (unpaired) electrons. The Hall–Kier alpha value is -2.30. The maximum Gasteiger partial charge on any atom is 0.294 e. The molecule has 0 aromatic carbocycles. The summed E-state index contributed by atoms with van der Waals surface area (Å²) in [4.78, 5) is 0. The van der Waals surface area contributed by atoms with E-state index in [9.17, 15) is 0 Å². The molecule has 0 spiro atoms. The molecule has 14 heavy (non-hydrogen) atoms. The van der Waals surface area contributed by atoms with Crippen LogP contribution in [0.4, 0.5) is 0 Å². The first kappa shape index (κ1) is 22.6. The fraction of sp³-hybridized carbons (Fsp3) is 0.400. The highest BCUT2D eigenvalue weighted by Crippen LogP contribution is 1.58. The van der Waals surface area contributed by atoms with E-state index in [4.69, 9.17) is 16.8 Å². The van der Waals surface area contributed by atoms with Crippen LogP contribution in [0, 0.1) is 47.7 Å². The summed E-state index contributed by atoms with van der Waals surface area (Å²) >= 11 is 0. The highest BCUT2D eigenvalue weighted by atomic mass is 16.4. The molecular formula is C10H14N2O2. The molecule has 0 aliphatic rings. The Bertz CT molecular complexity index is 225. The average Bonchev–Trinajstić information content (AvgIpc) is 2.20. The van der Waals surface area contributed by atoms with Gasteiger partial charge in [0, 0.05) is 11.4 Å². The zero-order valence-corrected chi connectivity index (χ0v) is 8.65. The van der Waals surface area contributed by atoms with E-state index in [0.717, 1.165) is 6.42 Å². The molecule has 0 heterocycles. The number of rotatable bonds is 0. The number of terminal acetylenes is 2. The van der Waals surface area contributed by atoms with Gasteiger partial charge in [0.15, 0.2) is 0 Å². The van der Waals surface area contributed by atoms with Gasteiger partial charge in [-0.1, -0.05) is 6.92 Å². The minimum Gasteiger partial charge on any atom is -0.499 e. The highest BCUT2D eigenvalue weighted by Gasteiger charge is 1.43. The van der Waals surface area contributed by atoms with Gasteiger partial charge in [-0.25, -0.2) is 0 Å². The van der Waals surface area contributed by atoms with Crippen molar-refractivity contribution in [3.8, 4) is 37.3 Å². The molecule has 0 rings (SSSR count). The molecule has 0 unspecified atom stereocenters. The predicted molar refractivity (Wildman–Crippen MR) is 61.6 cm³/mol. The molecule has 0 atom stereocenters. The summed E-state index contributed by atoms with van der Waals surface area (Å²) in [5, 5.41) is 21.1. The van der Waals surface area contributed by atoms with E-state index in [1.807, 2.05) is 13.0 Å². The summed E-state index contributed by atoms with van der Waals surface area (Å²) in [5.41, 5.74) is 0. The van der Waals surface area contributed by atoms with Crippen LogP contribution < -0.4 is 0 Å². The lowest BCUT2D eigenvalue weighted by atomic mass is 10.5. The van der Waals surface area contributed by atoms with Crippen molar-refractivity contribution in [2.75, 3.05) is 0 Å². The van der Waals surface area contributed by atoms with Crippen LogP contribution in [0.25, 0.3) is 10.0 Å². The zero-order chi connectivity index (χ0) is 12.2. The second-order valence-corrected chi connectivity index (χ2v) is 1.27. The largest absolute Gasteiger partial charge is 0.499 e. The van der Waals surface area contributed by atoms with E-state index in [0.29, 0.717) is 0 Å². The first-order valence-corrected chi connectivity index (χ1v) is 3.48. The van der Waals surface area contributed by atoms with Crippen molar-refractivity contribution < 1.29 is 0 Å². The van der Waals surface area contributed by atoms with Crippen LogP contribution in [-0.2, 0) is 0 Å². The summed E-state index contributed by atoms with van der Waals surface area (Å²) < 4.78 is 0.